The van der Waals surface area contributed by atoms with E-state index in [0.29, 0.717) is 37.9 Å². The van der Waals surface area contributed by atoms with Gasteiger partial charge in [0.1, 0.15) is 19.0 Å². The Hall–Kier alpha value is -3.74. The summed E-state index contributed by atoms with van der Waals surface area (Å²) in [6.07, 6.45) is 1.67. The maximum absolute atomic E-state index is 13.1. The first kappa shape index (κ1) is 29.2. The highest BCUT2D eigenvalue weighted by Crippen LogP contribution is 2.39. The number of amides is 2. The number of rotatable bonds is 10. The number of hydrogen-bond donors (Lipinski definition) is 0. The van der Waals surface area contributed by atoms with Crippen molar-refractivity contribution in [2.24, 2.45) is 0 Å². The molecule has 40 heavy (non-hydrogen) atoms. The SMILES string of the molecule is COc1cc(/C=C2\SC(=O)N(CCOc3cc(C)ccc3C(C)C)C2=O)cc(Br)c1OCc1ccc(C#N)cc1. The van der Waals surface area contributed by atoms with Gasteiger partial charge in [-0.3, -0.25) is 14.5 Å². The van der Waals surface area contributed by atoms with Crippen LogP contribution in [-0.4, -0.2) is 36.3 Å². The van der Waals surface area contributed by atoms with Gasteiger partial charge in [0, 0.05) is 0 Å². The lowest BCUT2D eigenvalue weighted by atomic mass is 10.0. The van der Waals surface area contributed by atoms with Crippen molar-refractivity contribution in [3.63, 3.8) is 0 Å². The van der Waals surface area contributed by atoms with Crippen LogP contribution < -0.4 is 14.2 Å². The lowest BCUT2D eigenvalue weighted by Crippen LogP contribution is -2.32. The summed E-state index contributed by atoms with van der Waals surface area (Å²) in [5.74, 6) is 1.69. The standard InChI is InChI=1S/C31H29BrN2O5S/c1-19(2)24-10-5-20(3)13-26(24)38-12-11-34-30(35)28(40-31(34)36)16-23-14-25(32)29(27(15-23)37-4)39-18-22-8-6-21(17-33)7-9-22/h5-10,13-16,19H,11-12,18H2,1-4H3/b28-16-. The quantitative estimate of drug-likeness (QED) is 0.217. The molecular formula is C31H29BrN2O5S. The third-order valence-corrected chi connectivity index (χ3v) is 7.75. The van der Waals surface area contributed by atoms with Crippen LogP contribution in [0.25, 0.3) is 6.08 Å². The molecule has 0 radical (unpaired) electrons. The summed E-state index contributed by atoms with van der Waals surface area (Å²) in [5.41, 5.74) is 4.33. The Labute approximate surface area is 246 Å². The van der Waals surface area contributed by atoms with Gasteiger partial charge in [-0.25, -0.2) is 0 Å². The van der Waals surface area contributed by atoms with Crippen LogP contribution >= 0.6 is 27.7 Å². The second kappa shape index (κ2) is 13.1. The summed E-state index contributed by atoms with van der Waals surface area (Å²) in [4.78, 5) is 27.3. The molecule has 0 unspecified atom stereocenters. The van der Waals surface area contributed by atoms with Crippen LogP contribution in [0.15, 0.2) is 64.0 Å². The number of methoxy groups -OCH3 is 1. The summed E-state index contributed by atoms with van der Waals surface area (Å²) in [6.45, 7) is 6.84. The number of carbonyl (C=O) groups excluding carboxylic acids is 2. The Kier molecular flexibility index (Phi) is 9.56. The van der Waals surface area contributed by atoms with Crippen LogP contribution in [0.4, 0.5) is 4.79 Å². The van der Waals surface area contributed by atoms with E-state index in [0.717, 1.165) is 34.2 Å². The van der Waals surface area contributed by atoms with Crippen molar-refractivity contribution in [1.82, 2.24) is 4.90 Å². The van der Waals surface area contributed by atoms with Crippen molar-refractivity contribution >= 4 is 44.9 Å². The smallest absolute Gasteiger partial charge is 0.293 e. The van der Waals surface area contributed by atoms with Crippen LogP contribution in [0.2, 0.25) is 0 Å². The maximum atomic E-state index is 13.1. The first-order valence-electron chi connectivity index (χ1n) is 12.7. The predicted octanol–water partition coefficient (Wildman–Crippen LogP) is 7.46. The van der Waals surface area contributed by atoms with E-state index in [2.05, 4.69) is 35.8 Å². The van der Waals surface area contributed by atoms with Gasteiger partial charge in [-0.05, 0) is 99.2 Å². The number of thioether (sulfide) groups is 1. The molecule has 4 rings (SSSR count). The third kappa shape index (κ3) is 6.87. The molecule has 1 heterocycles. The van der Waals surface area contributed by atoms with E-state index in [1.807, 2.05) is 37.3 Å². The van der Waals surface area contributed by atoms with Gasteiger partial charge in [0.25, 0.3) is 11.1 Å². The summed E-state index contributed by atoms with van der Waals surface area (Å²) in [7, 11) is 1.53. The number of carbonyl (C=O) groups is 2. The average molecular weight is 622 g/mol. The normalized spacial score (nSPS) is 14.1. The lowest BCUT2D eigenvalue weighted by molar-refractivity contribution is -0.123. The zero-order chi connectivity index (χ0) is 28.8. The highest BCUT2D eigenvalue weighted by atomic mass is 79.9. The van der Waals surface area contributed by atoms with Crippen LogP contribution in [0.3, 0.4) is 0 Å². The number of halogens is 1. The van der Waals surface area contributed by atoms with Crippen molar-refractivity contribution in [2.75, 3.05) is 20.3 Å². The van der Waals surface area contributed by atoms with Gasteiger partial charge >= 0.3 is 0 Å². The number of benzene rings is 3. The van der Waals surface area contributed by atoms with Crippen molar-refractivity contribution < 1.29 is 23.8 Å². The summed E-state index contributed by atoms with van der Waals surface area (Å²) >= 11 is 4.44. The summed E-state index contributed by atoms with van der Waals surface area (Å²) in [6, 6.07) is 18.9. The lowest BCUT2D eigenvalue weighted by Gasteiger charge is -2.17. The molecule has 3 aromatic rings. The molecule has 9 heteroatoms. The van der Waals surface area contributed by atoms with Crippen LogP contribution in [0, 0.1) is 18.3 Å². The molecule has 7 nitrogen and oxygen atoms in total. The summed E-state index contributed by atoms with van der Waals surface area (Å²) in [5, 5.41) is 8.64. The zero-order valence-corrected chi connectivity index (χ0v) is 25.1. The molecule has 0 aromatic heterocycles. The highest BCUT2D eigenvalue weighted by molar-refractivity contribution is 9.10. The van der Waals surface area contributed by atoms with E-state index in [-0.39, 0.29) is 30.9 Å². The number of hydrogen-bond acceptors (Lipinski definition) is 7. The Balaban J connectivity index is 1.44. The number of aryl methyl sites for hydroxylation is 1. The first-order valence-corrected chi connectivity index (χ1v) is 14.3. The third-order valence-electron chi connectivity index (χ3n) is 6.25. The van der Waals surface area contributed by atoms with Crippen molar-refractivity contribution in [1.29, 1.82) is 5.26 Å². The maximum Gasteiger partial charge on any atom is 0.293 e. The second-order valence-corrected chi connectivity index (χ2v) is 11.4. The fourth-order valence-electron chi connectivity index (χ4n) is 4.13. The number of nitriles is 1. The van der Waals surface area contributed by atoms with Crippen molar-refractivity contribution in [3.8, 4) is 23.3 Å². The van der Waals surface area contributed by atoms with Gasteiger partial charge in [-0.1, -0.05) is 38.1 Å². The van der Waals surface area contributed by atoms with E-state index in [1.165, 1.54) is 12.0 Å². The van der Waals surface area contributed by atoms with Crippen LogP contribution in [0.5, 0.6) is 17.2 Å². The molecule has 1 saturated heterocycles. The van der Waals surface area contributed by atoms with Crippen molar-refractivity contribution in [3.05, 3.63) is 91.8 Å². The van der Waals surface area contributed by atoms with Gasteiger partial charge in [0.15, 0.2) is 11.5 Å². The van der Waals surface area contributed by atoms with Gasteiger partial charge in [-0.2, -0.15) is 5.26 Å². The average Bonchev–Trinajstić information content (AvgIpc) is 3.19. The van der Waals surface area contributed by atoms with Gasteiger partial charge in [0.2, 0.25) is 0 Å². The minimum absolute atomic E-state index is 0.155. The highest BCUT2D eigenvalue weighted by Gasteiger charge is 2.35. The molecule has 0 saturated carbocycles. The van der Waals surface area contributed by atoms with Gasteiger partial charge in [0.05, 0.1) is 34.7 Å². The fourth-order valence-corrected chi connectivity index (χ4v) is 5.57. The largest absolute Gasteiger partial charge is 0.493 e. The van der Waals surface area contributed by atoms with E-state index in [1.54, 1.807) is 30.3 Å². The molecule has 2 amide bonds. The Morgan fingerprint density at radius 3 is 2.48 bits per heavy atom. The monoisotopic (exact) mass is 620 g/mol. The molecule has 3 aromatic carbocycles. The summed E-state index contributed by atoms with van der Waals surface area (Å²) < 4.78 is 18.2. The molecule has 1 aliphatic rings. The molecule has 206 valence electrons. The Morgan fingerprint density at radius 2 is 1.80 bits per heavy atom. The van der Waals surface area contributed by atoms with E-state index in [9.17, 15) is 9.59 Å². The first-order chi connectivity index (χ1) is 19.2. The Bertz CT molecular complexity index is 1490. The topological polar surface area (TPSA) is 88.9 Å². The number of imide groups is 1. The fraction of sp³-hybridized carbons (Fsp3) is 0.258. The van der Waals surface area contributed by atoms with Gasteiger partial charge < -0.3 is 14.2 Å². The Morgan fingerprint density at radius 1 is 1.05 bits per heavy atom. The molecule has 0 spiro atoms. The number of nitrogens with zero attached hydrogens (tertiary/aromatic N) is 2. The van der Waals surface area contributed by atoms with Crippen LogP contribution in [-0.2, 0) is 11.4 Å². The second-order valence-electron chi connectivity index (χ2n) is 9.51. The molecule has 1 fully saturated rings. The molecule has 1 aliphatic heterocycles. The molecule has 0 atom stereocenters. The molecule has 0 aliphatic carbocycles. The number of ether oxygens (including phenoxy) is 3. The minimum Gasteiger partial charge on any atom is -0.493 e. The van der Waals surface area contributed by atoms with E-state index >= 15 is 0 Å². The minimum atomic E-state index is -0.358. The molecule has 0 N–H and O–H groups in total. The predicted molar refractivity (Wildman–Crippen MR) is 160 cm³/mol. The van der Waals surface area contributed by atoms with Crippen LogP contribution in [0.1, 0.15) is 47.6 Å². The zero-order valence-electron chi connectivity index (χ0n) is 22.7. The van der Waals surface area contributed by atoms with E-state index < -0.39 is 0 Å². The molecular weight excluding hydrogens is 592 g/mol. The van der Waals surface area contributed by atoms with E-state index in [4.69, 9.17) is 19.5 Å². The van der Waals surface area contributed by atoms with Gasteiger partial charge in [-0.15, -0.1) is 0 Å². The van der Waals surface area contributed by atoms with Crippen molar-refractivity contribution in [2.45, 2.75) is 33.3 Å². The molecule has 0 bridgehead atoms.